The van der Waals surface area contributed by atoms with Crippen LogP contribution in [0.25, 0.3) is 6.08 Å². The zero-order chi connectivity index (χ0) is 12.4. The van der Waals surface area contributed by atoms with Crippen LogP contribution in [0.15, 0.2) is 23.8 Å². The molecule has 0 unspecified atom stereocenters. The highest BCUT2D eigenvalue weighted by Crippen LogP contribution is 2.36. The SMILES string of the molecule is COc1ccc2c(c1)CCC(C1CCCCC1)=C2. The van der Waals surface area contributed by atoms with Crippen molar-refractivity contribution in [1.29, 1.82) is 0 Å². The molecular formula is C17H22O. The second kappa shape index (κ2) is 5.17. The van der Waals surface area contributed by atoms with Crippen molar-refractivity contribution < 1.29 is 4.74 Å². The molecule has 3 rings (SSSR count). The number of ether oxygens (including phenoxy) is 1. The fourth-order valence-electron chi connectivity index (χ4n) is 3.41. The minimum atomic E-state index is 0.869. The van der Waals surface area contributed by atoms with E-state index in [2.05, 4.69) is 24.3 Å². The van der Waals surface area contributed by atoms with Gasteiger partial charge in [0, 0.05) is 0 Å². The number of aryl methyl sites for hydroxylation is 1. The maximum Gasteiger partial charge on any atom is 0.119 e. The summed E-state index contributed by atoms with van der Waals surface area (Å²) in [6, 6.07) is 6.50. The van der Waals surface area contributed by atoms with Crippen molar-refractivity contribution >= 4 is 6.08 Å². The van der Waals surface area contributed by atoms with E-state index in [-0.39, 0.29) is 0 Å². The van der Waals surface area contributed by atoms with Crippen LogP contribution in [-0.2, 0) is 6.42 Å². The van der Waals surface area contributed by atoms with E-state index in [1.165, 1.54) is 56.1 Å². The highest BCUT2D eigenvalue weighted by Gasteiger charge is 2.20. The molecule has 1 nitrogen and oxygen atoms in total. The topological polar surface area (TPSA) is 9.23 Å². The van der Waals surface area contributed by atoms with Gasteiger partial charge in [-0.1, -0.05) is 37.0 Å². The average molecular weight is 242 g/mol. The van der Waals surface area contributed by atoms with Crippen LogP contribution in [0.3, 0.4) is 0 Å². The maximum atomic E-state index is 5.30. The van der Waals surface area contributed by atoms with Crippen molar-refractivity contribution in [3.8, 4) is 5.75 Å². The molecule has 0 amide bonds. The molecule has 1 fully saturated rings. The Kier molecular flexibility index (Phi) is 3.40. The van der Waals surface area contributed by atoms with E-state index in [0.29, 0.717) is 0 Å². The molecule has 0 heterocycles. The minimum Gasteiger partial charge on any atom is -0.497 e. The van der Waals surface area contributed by atoms with Crippen LogP contribution in [0, 0.1) is 5.92 Å². The lowest BCUT2D eigenvalue weighted by atomic mass is 9.78. The van der Waals surface area contributed by atoms with Crippen LogP contribution in [0.2, 0.25) is 0 Å². The quantitative estimate of drug-likeness (QED) is 0.736. The Morgan fingerprint density at radius 1 is 1.06 bits per heavy atom. The molecule has 1 aromatic rings. The van der Waals surface area contributed by atoms with Gasteiger partial charge in [-0.2, -0.15) is 0 Å². The van der Waals surface area contributed by atoms with Crippen molar-refractivity contribution in [3.05, 3.63) is 34.9 Å². The van der Waals surface area contributed by atoms with Gasteiger partial charge in [0.05, 0.1) is 7.11 Å². The van der Waals surface area contributed by atoms with Gasteiger partial charge in [-0.15, -0.1) is 0 Å². The third-order valence-corrected chi connectivity index (χ3v) is 4.50. The Morgan fingerprint density at radius 2 is 1.89 bits per heavy atom. The molecule has 1 aromatic carbocycles. The van der Waals surface area contributed by atoms with E-state index in [0.717, 1.165) is 11.7 Å². The second-order valence-electron chi connectivity index (χ2n) is 5.62. The number of allylic oxidation sites excluding steroid dienone is 1. The van der Waals surface area contributed by atoms with E-state index < -0.39 is 0 Å². The molecule has 96 valence electrons. The molecular weight excluding hydrogens is 220 g/mol. The first kappa shape index (κ1) is 11.8. The second-order valence-corrected chi connectivity index (χ2v) is 5.62. The molecule has 0 spiro atoms. The zero-order valence-corrected chi connectivity index (χ0v) is 11.2. The highest BCUT2D eigenvalue weighted by molar-refractivity contribution is 5.61. The number of rotatable bonds is 2. The number of methoxy groups -OCH3 is 1. The van der Waals surface area contributed by atoms with Crippen LogP contribution in [0.5, 0.6) is 5.75 Å². The van der Waals surface area contributed by atoms with Crippen LogP contribution in [0.1, 0.15) is 49.7 Å². The van der Waals surface area contributed by atoms with Gasteiger partial charge in [-0.05, 0) is 54.9 Å². The fraction of sp³-hybridized carbons (Fsp3) is 0.529. The van der Waals surface area contributed by atoms with Crippen molar-refractivity contribution in [3.63, 3.8) is 0 Å². The fourth-order valence-corrected chi connectivity index (χ4v) is 3.41. The minimum absolute atomic E-state index is 0.869. The van der Waals surface area contributed by atoms with E-state index >= 15 is 0 Å². The Labute approximate surface area is 110 Å². The van der Waals surface area contributed by atoms with Gasteiger partial charge in [0.1, 0.15) is 5.75 Å². The number of hydrogen-bond acceptors (Lipinski definition) is 1. The van der Waals surface area contributed by atoms with Gasteiger partial charge in [-0.3, -0.25) is 0 Å². The van der Waals surface area contributed by atoms with Crippen molar-refractivity contribution in [2.45, 2.75) is 44.9 Å². The lowest BCUT2D eigenvalue weighted by Crippen LogP contribution is -2.12. The standard InChI is InChI=1S/C17H22O/c1-18-17-10-9-15-11-14(7-8-16(15)12-17)13-5-3-2-4-6-13/h9-13H,2-8H2,1H3. The molecule has 0 aromatic heterocycles. The van der Waals surface area contributed by atoms with Crippen LogP contribution in [-0.4, -0.2) is 7.11 Å². The normalized spacial score (nSPS) is 20.2. The molecule has 0 aliphatic heterocycles. The lowest BCUT2D eigenvalue weighted by Gasteiger charge is -2.27. The Morgan fingerprint density at radius 3 is 2.67 bits per heavy atom. The number of fused-ring (bicyclic) bond motifs is 1. The smallest absolute Gasteiger partial charge is 0.119 e. The molecule has 0 bridgehead atoms. The Hall–Kier alpha value is -1.24. The Balaban J connectivity index is 1.84. The summed E-state index contributed by atoms with van der Waals surface area (Å²) in [6.45, 7) is 0. The average Bonchev–Trinajstić information content (AvgIpc) is 2.47. The summed E-state index contributed by atoms with van der Waals surface area (Å²) in [7, 11) is 1.74. The summed E-state index contributed by atoms with van der Waals surface area (Å²) in [6.07, 6.45) is 12.0. The first-order valence-electron chi connectivity index (χ1n) is 7.24. The van der Waals surface area contributed by atoms with Gasteiger partial charge in [0.2, 0.25) is 0 Å². The van der Waals surface area contributed by atoms with Gasteiger partial charge >= 0.3 is 0 Å². The molecule has 0 atom stereocenters. The first-order valence-corrected chi connectivity index (χ1v) is 7.24. The monoisotopic (exact) mass is 242 g/mol. The highest BCUT2D eigenvalue weighted by atomic mass is 16.5. The number of benzene rings is 1. The van der Waals surface area contributed by atoms with Crippen LogP contribution in [0.4, 0.5) is 0 Å². The molecule has 2 aliphatic carbocycles. The van der Waals surface area contributed by atoms with Crippen molar-refractivity contribution in [2.75, 3.05) is 7.11 Å². The van der Waals surface area contributed by atoms with Gasteiger partial charge in [-0.25, -0.2) is 0 Å². The molecule has 18 heavy (non-hydrogen) atoms. The largest absolute Gasteiger partial charge is 0.497 e. The summed E-state index contributed by atoms with van der Waals surface area (Å²) < 4.78 is 5.30. The zero-order valence-electron chi connectivity index (χ0n) is 11.2. The van der Waals surface area contributed by atoms with Gasteiger partial charge in [0.15, 0.2) is 0 Å². The van der Waals surface area contributed by atoms with Gasteiger partial charge < -0.3 is 4.74 Å². The third kappa shape index (κ3) is 2.31. The van der Waals surface area contributed by atoms with E-state index in [1.807, 2.05) is 0 Å². The van der Waals surface area contributed by atoms with Gasteiger partial charge in [0.25, 0.3) is 0 Å². The van der Waals surface area contributed by atoms with E-state index in [9.17, 15) is 0 Å². The third-order valence-electron chi connectivity index (χ3n) is 4.50. The molecule has 1 heteroatoms. The molecule has 2 aliphatic rings. The lowest BCUT2D eigenvalue weighted by molar-refractivity contribution is 0.395. The summed E-state index contributed by atoms with van der Waals surface area (Å²) in [5, 5.41) is 0. The predicted octanol–water partition coefficient (Wildman–Crippen LogP) is 4.61. The molecule has 0 radical (unpaired) electrons. The first-order chi connectivity index (χ1) is 8.86. The summed E-state index contributed by atoms with van der Waals surface area (Å²) in [5.41, 5.74) is 4.57. The number of hydrogen-bond donors (Lipinski definition) is 0. The predicted molar refractivity (Wildman–Crippen MR) is 75.9 cm³/mol. The molecule has 1 saturated carbocycles. The van der Waals surface area contributed by atoms with E-state index in [4.69, 9.17) is 4.74 Å². The summed E-state index contributed by atoms with van der Waals surface area (Å²) in [4.78, 5) is 0. The summed E-state index contributed by atoms with van der Waals surface area (Å²) >= 11 is 0. The Bertz CT molecular complexity index is 453. The van der Waals surface area contributed by atoms with Crippen LogP contribution >= 0.6 is 0 Å². The van der Waals surface area contributed by atoms with Crippen LogP contribution < -0.4 is 4.74 Å². The van der Waals surface area contributed by atoms with E-state index in [1.54, 1.807) is 12.7 Å². The maximum absolute atomic E-state index is 5.30. The molecule has 0 N–H and O–H groups in total. The van der Waals surface area contributed by atoms with Crippen molar-refractivity contribution in [1.82, 2.24) is 0 Å². The summed E-state index contributed by atoms with van der Waals surface area (Å²) in [5.74, 6) is 1.86. The van der Waals surface area contributed by atoms with Crippen molar-refractivity contribution in [2.24, 2.45) is 5.92 Å². The molecule has 0 saturated heterocycles.